The first-order chi connectivity index (χ1) is 16.7. The van der Waals surface area contributed by atoms with Crippen molar-refractivity contribution in [3.8, 4) is 5.69 Å². The Morgan fingerprint density at radius 1 is 1.14 bits per heavy atom. The van der Waals surface area contributed by atoms with Gasteiger partial charge in [0, 0.05) is 17.3 Å². The Bertz CT molecular complexity index is 1600. The molecule has 0 saturated carbocycles. The molecule has 0 fully saturated rings. The lowest BCUT2D eigenvalue weighted by molar-refractivity contribution is -0.143. The van der Waals surface area contributed by atoms with Crippen LogP contribution in [0.4, 0.5) is 18.9 Å². The SMILES string of the molecule is O=C=C1NC=Cc2c1cccc2-n1ncc(C(=O)Nc2cnn3c(Cl)cc(Cl)c3c2)c1C(F)(F)F. The third-order valence-electron chi connectivity index (χ3n) is 5.23. The van der Waals surface area contributed by atoms with E-state index in [9.17, 15) is 22.8 Å². The maximum absolute atomic E-state index is 14.2. The van der Waals surface area contributed by atoms with Crippen molar-refractivity contribution in [2.75, 3.05) is 5.32 Å². The number of hydrogen-bond acceptors (Lipinski definition) is 5. The van der Waals surface area contributed by atoms with Crippen LogP contribution in [0.15, 0.2) is 48.9 Å². The Morgan fingerprint density at radius 2 is 1.94 bits per heavy atom. The van der Waals surface area contributed by atoms with Crippen LogP contribution in [0.3, 0.4) is 0 Å². The molecule has 4 aromatic rings. The van der Waals surface area contributed by atoms with Gasteiger partial charge in [0.05, 0.1) is 39.9 Å². The molecule has 1 aromatic carbocycles. The number of carbonyl (C=O) groups is 1. The van der Waals surface area contributed by atoms with Crippen molar-refractivity contribution < 1.29 is 22.8 Å². The van der Waals surface area contributed by atoms with E-state index in [1.807, 2.05) is 0 Å². The minimum absolute atomic E-state index is 0.0251. The van der Waals surface area contributed by atoms with Gasteiger partial charge in [0.15, 0.2) is 11.6 Å². The van der Waals surface area contributed by atoms with Gasteiger partial charge in [0.2, 0.25) is 0 Å². The van der Waals surface area contributed by atoms with Crippen molar-refractivity contribution >= 4 is 58.0 Å². The smallest absolute Gasteiger partial charge is 0.352 e. The van der Waals surface area contributed by atoms with Gasteiger partial charge in [-0.05, 0) is 24.3 Å². The van der Waals surface area contributed by atoms with Crippen LogP contribution < -0.4 is 10.6 Å². The average molecular weight is 519 g/mol. The number of benzene rings is 1. The molecule has 176 valence electrons. The van der Waals surface area contributed by atoms with E-state index in [1.54, 1.807) is 12.0 Å². The van der Waals surface area contributed by atoms with Crippen molar-refractivity contribution in [1.82, 2.24) is 24.7 Å². The second-order valence-corrected chi connectivity index (χ2v) is 8.11. The predicted octanol–water partition coefficient (Wildman–Crippen LogP) is 4.84. The number of carbonyl (C=O) groups excluding carboxylic acids is 2. The van der Waals surface area contributed by atoms with E-state index < -0.39 is 23.3 Å². The Kier molecular flexibility index (Phi) is 5.40. The number of nitrogens with zero attached hydrogens (tertiary/aromatic N) is 4. The highest BCUT2D eigenvalue weighted by molar-refractivity contribution is 6.37. The monoisotopic (exact) mass is 518 g/mol. The molecule has 35 heavy (non-hydrogen) atoms. The van der Waals surface area contributed by atoms with E-state index in [4.69, 9.17) is 23.2 Å². The highest BCUT2D eigenvalue weighted by Gasteiger charge is 2.41. The number of fused-ring (bicyclic) bond motifs is 2. The summed E-state index contributed by atoms with van der Waals surface area (Å²) in [7, 11) is 0. The fraction of sp³-hybridized carbons (Fsp3) is 0.0455. The summed E-state index contributed by atoms with van der Waals surface area (Å²) in [5.41, 5.74) is -0.796. The molecule has 5 rings (SSSR count). The summed E-state index contributed by atoms with van der Waals surface area (Å²) in [6.07, 6.45) is 0.0146. The number of alkyl halides is 3. The predicted molar refractivity (Wildman–Crippen MR) is 123 cm³/mol. The topological polar surface area (TPSA) is 93.3 Å². The molecule has 0 bridgehead atoms. The standard InChI is InChI=1S/C22H11Cl2F3N6O2/c23-15-7-19(24)32-18(15)6-11(8-29-32)31-21(35)14-9-30-33(20(14)22(25,26)27)17-3-1-2-12-13(17)4-5-28-16(12)10-34/h1-9,28H,(H,31,35). The molecule has 0 radical (unpaired) electrons. The number of halogens is 5. The van der Waals surface area contributed by atoms with Gasteiger partial charge in [-0.2, -0.15) is 23.4 Å². The lowest BCUT2D eigenvalue weighted by Gasteiger charge is -2.19. The molecule has 2 N–H and O–H groups in total. The van der Waals surface area contributed by atoms with E-state index in [1.165, 1.54) is 47.3 Å². The highest BCUT2D eigenvalue weighted by atomic mass is 35.5. The summed E-state index contributed by atoms with van der Waals surface area (Å²) in [5, 5.41) is 13.5. The maximum atomic E-state index is 14.2. The van der Waals surface area contributed by atoms with Crippen molar-refractivity contribution in [3.63, 3.8) is 0 Å². The number of rotatable bonds is 3. The zero-order valence-corrected chi connectivity index (χ0v) is 18.7. The largest absolute Gasteiger partial charge is 0.434 e. The third kappa shape index (κ3) is 3.85. The zero-order chi connectivity index (χ0) is 24.9. The fourth-order valence-corrected chi connectivity index (χ4v) is 4.28. The van der Waals surface area contributed by atoms with Gasteiger partial charge in [-0.15, -0.1) is 0 Å². The van der Waals surface area contributed by atoms with Crippen LogP contribution in [0.2, 0.25) is 10.2 Å². The molecule has 0 atom stereocenters. The number of aromatic nitrogens is 4. The molecule has 4 heterocycles. The molecule has 1 amide bonds. The van der Waals surface area contributed by atoms with Gasteiger partial charge in [-0.25, -0.2) is 14.0 Å². The van der Waals surface area contributed by atoms with Crippen LogP contribution in [-0.2, 0) is 11.0 Å². The van der Waals surface area contributed by atoms with Gasteiger partial charge in [-0.3, -0.25) is 4.79 Å². The highest BCUT2D eigenvalue weighted by Crippen LogP contribution is 2.36. The van der Waals surface area contributed by atoms with E-state index >= 15 is 0 Å². The normalized spacial score (nSPS) is 12.9. The van der Waals surface area contributed by atoms with Gasteiger partial charge < -0.3 is 10.6 Å². The van der Waals surface area contributed by atoms with Gasteiger partial charge in [-0.1, -0.05) is 35.3 Å². The Labute approximate surface area is 204 Å². The molecule has 13 heteroatoms. The zero-order valence-electron chi connectivity index (χ0n) is 17.2. The molecule has 1 aliphatic heterocycles. The minimum Gasteiger partial charge on any atom is -0.352 e. The summed E-state index contributed by atoms with van der Waals surface area (Å²) >= 11 is 12.1. The van der Waals surface area contributed by atoms with E-state index in [2.05, 4.69) is 20.8 Å². The van der Waals surface area contributed by atoms with Crippen LogP contribution in [-0.4, -0.2) is 31.2 Å². The lowest BCUT2D eigenvalue weighted by Crippen LogP contribution is -2.21. The van der Waals surface area contributed by atoms with Gasteiger partial charge >= 0.3 is 6.18 Å². The number of amides is 1. The van der Waals surface area contributed by atoms with Crippen LogP contribution >= 0.6 is 23.2 Å². The second kappa shape index (κ2) is 8.31. The first kappa shape index (κ1) is 22.7. The van der Waals surface area contributed by atoms with Crippen molar-refractivity contribution in [2.45, 2.75) is 6.18 Å². The number of hydrogen-bond donors (Lipinski definition) is 2. The molecular weight excluding hydrogens is 508 g/mol. The average Bonchev–Trinajstić information content (AvgIpc) is 3.40. The van der Waals surface area contributed by atoms with E-state index in [-0.39, 0.29) is 27.2 Å². The van der Waals surface area contributed by atoms with E-state index in [0.29, 0.717) is 21.3 Å². The summed E-state index contributed by atoms with van der Waals surface area (Å²) in [6, 6.07) is 7.30. The Balaban J connectivity index is 1.58. The lowest BCUT2D eigenvalue weighted by atomic mass is 10.0. The first-order valence-electron chi connectivity index (χ1n) is 9.80. The second-order valence-electron chi connectivity index (χ2n) is 7.32. The van der Waals surface area contributed by atoms with Gasteiger partial charge in [0.1, 0.15) is 10.9 Å². The third-order valence-corrected chi connectivity index (χ3v) is 5.80. The molecule has 1 aliphatic rings. The van der Waals surface area contributed by atoms with Crippen LogP contribution in [0.1, 0.15) is 27.2 Å². The summed E-state index contributed by atoms with van der Waals surface area (Å²) in [6.45, 7) is 0. The summed E-state index contributed by atoms with van der Waals surface area (Å²) in [4.78, 5) is 24.1. The fourth-order valence-electron chi connectivity index (χ4n) is 3.75. The maximum Gasteiger partial charge on any atom is 0.434 e. The quantitative estimate of drug-likeness (QED) is 0.378. The van der Waals surface area contributed by atoms with E-state index in [0.717, 1.165) is 6.20 Å². The minimum atomic E-state index is -4.94. The molecule has 8 nitrogen and oxygen atoms in total. The van der Waals surface area contributed by atoms with Gasteiger partial charge in [0.25, 0.3) is 5.91 Å². The molecule has 3 aromatic heterocycles. The Morgan fingerprint density at radius 3 is 2.69 bits per heavy atom. The summed E-state index contributed by atoms with van der Waals surface area (Å²) < 4.78 is 44.5. The first-order valence-corrected chi connectivity index (χ1v) is 10.6. The summed E-state index contributed by atoms with van der Waals surface area (Å²) in [5.74, 6) is 0.659. The Hall–Kier alpha value is -4.05. The van der Waals surface area contributed by atoms with Crippen molar-refractivity contribution in [3.05, 3.63) is 81.5 Å². The molecule has 0 aliphatic carbocycles. The van der Waals surface area contributed by atoms with Crippen LogP contribution in [0, 0.1) is 0 Å². The number of nitrogens with one attached hydrogen (secondary N) is 2. The molecule has 0 unspecified atom stereocenters. The molecular formula is C22H11Cl2F3N6O2. The molecule has 0 saturated heterocycles. The number of anilines is 1. The van der Waals surface area contributed by atoms with Crippen LogP contribution in [0.5, 0.6) is 0 Å². The van der Waals surface area contributed by atoms with Crippen LogP contribution in [0.25, 0.3) is 23.0 Å². The molecule has 0 spiro atoms. The van der Waals surface area contributed by atoms with Crippen molar-refractivity contribution in [1.29, 1.82) is 0 Å². The van der Waals surface area contributed by atoms with Crippen molar-refractivity contribution in [2.24, 2.45) is 0 Å².